The van der Waals surface area contributed by atoms with Crippen molar-refractivity contribution < 1.29 is 34.0 Å². The van der Waals surface area contributed by atoms with Crippen LogP contribution in [0.2, 0.25) is 0 Å². The highest BCUT2D eigenvalue weighted by molar-refractivity contribution is 5.82. The Hall–Kier alpha value is -3.20. The summed E-state index contributed by atoms with van der Waals surface area (Å²) in [6.45, 7) is 4.25. The van der Waals surface area contributed by atoms with E-state index in [1.54, 1.807) is 43.5 Å². The Kier molecular flexibility index (Phi) is 6.84. The van der Waals surface area contributed by atoms with Crippen molar-refractivity contribution in [2.75, 3.05) is 20.7 Å². The Labute approximate surface area is 222 Å². The average molecular weight is 522 g/mol. The molecule has 0 spiro atoms. The van der Waals surface area contributed by atoms with Crippen molar-refractivity contribution in [3.8, 4) is 5.75 Å². The molecule has 0 radical (unpaired) electrons. The molecule has 202 valence electrons. The number of aliphatic hydroxyl groups excluding tert-OH is 1. The quantitative estimate of drug-likeness (QED) is 0.559. The first-order valence-corrected chi connectivity index (χ1v) is 13.0. The minimum Gasteiger partial charge on any atom is -0.496 e. The van der Waals surface area contributed by atoms with Crippen LogP contribution in [0, 0.1) is 6.92 Å². The van der Waals surface area contributed by atoms with Crippen LogP contribution in [0.3, 0.4) is 0 Å². The molecule has 0 amide bonds. The minimum atomic E-state index is -1.50. The third-order valence-electron chi connectivity index (χ3n) is 8.73. The van der Waals surface area contributed by atoms with Gasteiger partial charge in [0.05, 0.1) is 12.7 Å². The number of esters is 2. The van der Waals surface area contributed by atoms with Gasteiger partial charge in [-0.05, 0) is 74.7 Å². The fourth-order valence-electron chi connectivity index (χ4n) is 6.75. The van der Waals surface area contributed by atoms with Crippen LogP contribution in [0.1, 0.15) is 54.5 Å². The number of hydrogen-bond donors (Lipinski definition) is 2. The highest BCUT2D eigenvalue weighted by atomic mass is 16.6. The van der Waals surface area contributed by atoms with Crippen LogP contribution in [0.5, 0.6) is 5.75 Å². The van der Waals surface area contributed by atoms with Crippen molar-refractivity contribution in [3.05, 3.63) is 76.6 Å². The van der Waals surface area contributed by atoms with Gasteiger partial charge < -0.3 is 29.3 Å². The van der Waals surface area contributed by atoms with Crippen LogP contribution in [-0.2, 0) is 30.9 Å². The Morgan fingerprint density at radius 2 is 1.87 bits per heavy atom. The van der Waals surface area contributed by atoms with Crippen molar-refractivity contribution in [2.24, 2.45) is 0 Å². The molecule has 1 aliphatic heterocycles. The van der Waals surface area contributed by atoms with Gasteiger partial charge in [-0.25, -0.2) is 9.59 Å². The van der Waals surface area contributed by atoms with Gasteiger partial charge in [0, 0.05) is 24.3 Å². The minimum absolute atomic E-state index is 0.0654. The van der Waals surface area contributed by atoms with Gasteiger partial charge in [0.1, 0.15) is 11.5 Å². The highest BCUT2D eigenvalue weighted by Gasteiger charge is 2.64. The molecule has 1 fully saturated rings. The number of ether oxygens (including phenoxy) is 3. The molecule has 2 bridgehead atoms. The molecule has 38 heavy (non-hydrogen) atoms. The lowest BCUT2D eigenvalue weighted by Gasteiger charge is -2.62. The van der Waals surface area contributed by atoms with Gasteiger partial charge >= 0.3 is 11.9 Å². The number of allylic oxidation sites excluding steroid dienone is 1. The summed E-state index contributed by atoms with van der Waals surface area (Å²) >= 11 is 0. The number of hydrogen-bond acceptors (Lipinski definition) is 8. The number of carbonyl (C=O) groups excluding carboxylic acids is 2. The zero-order valence-electron chi connectivity index (χ0n) is 22.3. The van der Waals surface area contributed by atoms with E-state index < -0.39 is 35.2 Å². The number of fused-ring (bicyclic) bond motifs is 1. The van der Waals surface area contributed by atoms with Crippen LogP contribution in [0.15, 0.2) is 54.3 Å². The monoisotopic (exact) mass is 521 g/mol. The summed E-state index contributed by atoms with van der Waals surface area (Å²) in [5, 5.41) is 22.6. The maximum absolute atomic E-state index is 13.0. The fourth-order valence-corrected chi connectivity index (χ4v) is 6.75. The molecule has 2 aliphatic carbocycles. The molecule has 5 rings (SSSR count). The number of rotatable bonds is 6. The summed E-state index contributed by atoms with van der Waals surface area (Å²) in [5.41, 5.74) is 1.95. The highest BCUT2D eigenvalue weighted by Crippen LogP contribution is 2.59. The number of likely N-dealkylation sites (N-methyl/N-ethyl adjacent to an activating group) is 1. The van der Waals surface area contributed by atoms with Crippen molar-refractivity contribution in [1.82, 2.24) is 4.90 Å². The van der Waals surface area contributed by atoms with Crippen molar-refractivity contribution >= 4 is 11.9 Å². The lowest BCUT2D eigenvalue weighted by Crippen LogP contribution is -2.71. The van der Waals surface area contributed by atoms with Gasteiger partial charge in [0.2, 0.25) is 0 Å². The molecule has 0 aromatic heterocycles. The van der Waals surface area contributed by atoms with E-state index in [4.69, 9.17) is 14.2 Å². The van der Waals surface area contributed by atoms with Crippen LogP contribution in [0.4, 0.5) is 0 Å². The maximum Gasteiger partial charge on any atom is 0.352 e. The third-order valence-corrected chi connectivity index (χ3v) is 8.73. The van der Waals surface area contributed by atoms with Gasteiger partial charge in [0.15, 0.2) is 12.2 Å². The predicted octanol–water partition coefficient (Wildman–Crippen LogP) is 3.12. The van der Waals surface area contributed by atoms with Crippen molar-refractivity contribution in [1.29, 1.82) is 0 Å². The SMILES string of the molecule is COc1ccc2c(c1C)[C@]13CCN(C)[C@H](C2)[C@]1(O)CC=C(OC(=O)[C@H](C)OC(=O)[C@@H](O)c1ccccc1)C3. The standard InChI is InChI=1S/C30H35NO7/c1-18-23(36-4)11-10-21-16-24-30(35)13-12-22(17-29(30,25(18)21)14-15-31(24)3)38-27(33)19(2)37-28(34)26(32)20-8-6-5-7-9-20/h5-12,19,24,26,32,35H,13-17H2,1-4H3/t19-,24+,26-,29+,30+/m0/s1. The number of carbonyl (C=O) groups is 2. The Bertz CT molecular complexity index is 1270. The molecule has 2 aromatic carbocycles. The molecule has 1 heterocycles. The number of aliphatic hydroxyl groups is 2. The summed E-state index contributed by atoms with van der Waals surface area (Å²) in [6, 6.07) is 12.4. The number of benzene rings is 2. The summed E-state index contributed by atoms with van der Waals surface area (Å²) in [6.07, 6.45) is 1.17. The number of likely N-dealkylation sites (tertiary alicyclic amines) is 1. The smallest absolute Gasteiger partial charge is 0.352 e. The van der Waals surface area contributed by atoms with E-state index in [1.807, 2.05) is 20.0 Å². The lowest BCUT2D eigenvalue weighted by molar-refractivity contribution is -0.172. The third kappa shape index (κ3) is 4.11. The van der Waals surface area contributed by atoms with E-state index in [-0.39, 0.29) is 6.04 Å². The van der Waals surface area contributed by atoms with E-state index in [2.05, 4.69) is 11.0 Å². The molecular weight excluding hydrogens is 486 g/mol. The predicted molar refractivity (Wildman–Crippen MR) is 139 cm³/mol. The Morgan fingerprint density at radius 3 is 2.58 bits per heavy atom. The summed E-state index contributed by atoms with van der Waals surface area (Å²) in [5.74, 6) is -0.434. The number of nitrogens with zero attached hydrogens (tertiary/aromatic N) is 1. The Balaban J connectivity index is 1.38. The number of piperidine rings is 1. The van der Waals surface area contributed by atoms with E-state index in [0.29, 0.717) is 30.6 Å². The van der Waals surface area contributed by atoms with E-state index in [1.165, 1.54) is 12.5 Å². The number of methoxy groups -OCH3 is 1. The van der Waals surface area contributed by atoms with Crippen molar-refractivity contribution in [2.45, 2.75) is 68.8 Å². The van der Waals surface area contributed by atoms with Gasteiger partial charge in [-0.15, -0.1) is 0 Å². The van der Waals surface area contributed by atoms with Crippen molar-refractivity contribution in [3.63, 3.8) is 0 Å². The van der Waals surface area contributed by atoms with Gasteiger partial charge in [-0.3, -0.25) is 0 Å². The van der Waals surface area contributed by atoms with Crippen LogP contribution in [0.25, 0.3) is 0 Å². The second kappa shape index (κ2) is 9.84. The molecule has 0 saturated carbocycles. The van der Waals surface area contributed by atoms with E-state index >= 15 is 0 Å². The normalized spacial score (nSPS) is 27.7. The topological polar surface area (TPSA) is 106 Å². The van der Waals surface area contributed by atoms with E-state index in [9.17, 15) is 19.8 Å². The molecule has 5 atom stereocenters. The first kappa shape index (κ1) is 26.4. The average Bonchev–Trinajstić information content (AvgIpc) is 2.91. The molecule has 3 aliphatic rings. The summed E-state index contributed by atoms with van der Waals surface area (Å²) < 4.78 is 16.6. The first-order chi connectivity index (χ1) is 18.1. The van der Waals surface area contributed by atoms with Crippen LogP contribution >= 0.6 is 0 Å². The fraction of sp³-hybridized carbons (Fsp3) is 0.467. The van der Waals surface area contributed by atoms with Gasteiger partial charge in [0.25, 0.3) is 0 Å². The van der Waals surface area contributed by atoms with Gasteiger partial charge in [-0.2, -0.15) is 0 Å². The summed E-state index contributed by atoms with van der Waals surface area (Å²) in [7, 11) is 3.69. The van der Waals surface area contributed by atoms with Gasteiger partial charge in [-0.1, -0.05) is 36.4 Å². The van der Waals surface area contributed by atoms with E-state index in [0.717, 1.165) is 29.8 Å². The first-order valence-electron chi connectivity index (χ1n) is 13.0. The zero-order valence-corrected chi connectivity index (χ0v) is 22.3. The van der Waals surface area contributed by atoms with Crippen LogP contribution in [-0.4, -0.2) is 65.5 Å². The molecule has 8 nitrogen and oxygen atoms in total. The zero-order chi connectivity index (χ0) is 27.2. The Morgan fingerprint density at radius 1 is 1.13 bits per heavy atom. The molecule has 1 saturated heterocycles. The largest absolute Gasteiger partial charge is 0.496 e. The lowest BCUT2D eigenvalue weighted by atomic mass is 9.50. The maximum atomic E-state index is 13.0. The molecule has 2 aromatic rings. The second-order valence-electron chi connectivity index (χ2n) is 10.7. The second-order valence-corrected chi connectivity index (χ2v) is 10.7. The summed E-state index contributed by atoms with van der Waals surface area (Å²) in [4.78, 5) is 27.6. The molecule has 2 N–H and O–H groups in total. The molecule has 0 unspecified atom stereocenters. The molecule has 8 heteroatoms. The van der Waals surface area contributed by atoms with Crippen LogP contribution < -0.4 is 4.74 Å². The molecular formula is C30H35NO7.